The van der Waals surface area contributed by atoms with Crippen molar-refractivity contribution in [2.24, 2.45) is 0 Å². The minimum atomic E-state index is 0.0379. The Morgan fingerprint density at radius 3 is 2.67 bits per heavy atom. The van der Waals surface area contributed by atoms with Crippen LogP contribution in [0, 0.1) is 0 Å². The minimum Gasteiger partial charge on any atom is -0.392 e. The van der Waals surface area contributed by atoms with E-state index in [4.69, 9.17) is 10.8 Å². The van der Waals surface area contributed by atoms with E-state index in [9.17, 15) is 0 Å². The number of aromatic nitrogens is 1. The van der Waals surface area contributed by atoms with E-state index in [1.165, 1.54) is 0 Å². The molecule has 0 saturated heterocycles. The highest BCUT2D eigenvalue weighted by atomic mass is 16.3. The first-order chi connectivity index (χ1) is 7.29. The fourth-order valence-electron chi connectivity index (χ4n) is 1.44. The number of rotatable bonds is 2. The number of aliphatic hydroxyl groups excluding tert-OH is 1. The molecule has 0 unspecified atom stereocenters. The molecule has 3 N–H and O–H groups in total. The zero-order valence-corrected chi connectivity index (χ0v) is 8.22. The van der Waals surface area contributed by atoms with Gasteiger partial charge in [-0.05, 0) is 23.8 Å². The molecule has 0 saturated carbocycles. The second-order valence-electron chi connectivity index (χ2n) is 3.31. The Labute approximate surface area is 88.2 Å². The lowest BCUT2D eigenvalue weighted by Crippen LogP contribution is -1.92. The Morgan fingerprint density at radius 1 is 1.13 bits per heavy atom. The molecule has 0 aliphatic heterocycles. The molecule has 2 rings (SSSR count). The van der Waals surface area contributed by atoms with Gasteiger partial charge in [0.1, 0.15) is 5.82 Å². The summed E-state index contributed by atoms with van der Waals surface area (Å²) >= 11 is 0. The van der Waals surface area contributed by atoms with E-state index in [1.54, 1.807) is 6.07 Å². The van der Waals surface area contributed by atoms with Gasteiger partial charge in [0.05, 0.1) is 12.3 Å². The smallest absolute Gasteiger partial charge is 0.124 e. The molecule has 0 bridgehead atoms. The van der Waals surface area contributed by atoms with Gasteiger partial charge in [-0.2, -0.15) is 0 Å². The molecule has 0 atom stereocenters. The number of hydrogen-bond acceptors (Lipinski definition) is 3. The van der Waals surface area contributed by atoms with E-state index in [0.29, 0.717) is 5.82 Å². The predicted octanol–water partition coefficient (Wildman–Crippen LogP) is 1.82. The first-order valence-electron chi connectivity index (χ1n) is 4.72. The Morgan fingerprint density at radius 2 is 1.93 bits per heavy atom. The highest BCUT2D eigenvalue weighted by Gasteiger charge is 2.00. The summed E-state index contributed by atoms with van der Waals surface area (Å²) in [4.78, 5) is 4.21. The van der Waals surface area contributed by atoms with Crippen LogP contribution in [0.5, 0.6) is 0 Å². The van der Waals surface area contributed by atoms with Gasteiger partial charge in [-0.3, -0.25) is 0 Å². The van der Waals surface area contributed by atoms with Crippen LogP contribution in [0.4, 0.5) is 5.82 Å². The summed E-state index contributed by atoms with van der Waals surface area (Å²) in [5, 5.41) is 9.02. The fraction of sp³-hybridized carbons (Fsp3) is 0.0833. The van der Waals surface area contributed by atoms with Crippen molar-refractivity contribution >= 4 is 5.82 Å². The Bertz CT molecular complexity index is 469. The van der Waals surface area contributed by atoms with Crippen molar-refractivity contribution in [2.75, 3.05) is 5.73 Å². The zero-order chi connectivity index (χ0) is 10.7. The van der Waals surface area contributed by atoms with Crippen molar-refractivity contribution in [2.45, 2.75) is 6.61 Å². The summed E-state index contributed by atoms with van der Waals surface area (Å²) in [7, 11) is 0. The van der Waals surface area contributed by atoms with Gasteiger partial charge in [0, 0.05) is 5.56 Å². The van der Waals surface area contributed by atoms with Crippen LogP contribution >= 0.6 is 0 Å². The summed E-state index contributed by atoms with van der Waals surface area (Å²) in [6, 6.07) is 13.1. The third-order valence-electron chi connectivity index (χ3n) is 2.18. The molecule has 3 nitrogen and oxygen atoms in total. The SMILES string of the molecule is Nc1cccc(-c2cccc(CO)c2)n1. The van der Waals surface area contributed by atoms with Crippen LogP contribution in [0.1, 0.15) is 5.56 Å². The molecule has 0 aliphatic rings. The third kappa shape index (κ3) is 2.14. The second kappa shape index (κ2) is 4.11. The summed E-state index contributed by atoms with van der Waals surface area (Å²) in [6.07, 6.45) is 0. The highest BCUT2D eigenvalue weighted by molar-refractivity contribution is 5.61. The number of aliphatic hydroxyl groups is 1. The lowest BCUT2D eigenvalue weighted by molar-refractivity contribution is 0.282. The topological polar surface area (TPSA) is 59.1 Å². The van der Waals surface area contributed by atoms with Crippen LogP contribution < -0.4 is 5.73 Å². The first kappa shape index (κ1) is 9.68. The molecule has 3 heteroatoms. The standard InChI is InChI=1S/C12H12N2O/c13-12-6-2-5-11(14-12)10-4-1-3-9(7-10)8-15/h1-7,15H,8H2,(H2,13,14). The largest absolute Gasteiger partial charge is 0.392 e. The number of nitrogens with two attached hydrogens (primary N) is 1. The van der Waals surface area contributed by atoms with E-state index >= 15 is 0 Å². The summed E-state index contributed by atoms with van der Waals surface area (Å²) in [5.74, 6) is 0.502. The number of nitrogens with zero attached hydrogens (tertiary/aromatic N) is 1. The summed E-state index contributed by atoms with van der Waals surface area (Å²) in [5.41, 5.74) is 8.27. The van der Waals surface area contributed by atoms with E-state index in [0.717, 1.165) is 16.8 Å². The van der Waals surface area contributed by atoms with Crippen LogP contribution in [0.2, 0.25) is 0 Å². The fourth-order valence-corrected chi connectivity index (χ4v) is 1.44. The Kier molecular flexibility index (Phi) is 2.65. The first-order valence-corrected chi connectivity index (χ1v) is 4.72. The Balaban J connectivity index is 2.44. The van der Waals surface area contributed by atoms with Crippen molar-refractivity contribution in [1.82, 2.24) is 4.98 Å². The number of pyridine rings is 1. The third-order valence-corrected chi connectivity index (χ3v) is 2.18. The molecule has 1 heterocycles. The van der Waals surface area contributed by atoms with E-state index in [2.05, 4.69) is 4.98 Å². The van der Waals surface area contributed by atoms with Crippen LogP contribution in [0.3, 0.4) is 0 Å². The maximum atomic E-state index is 9.02. The summed E-state index contributed by atoms with van der Waals surface area (Å²) < 4.78 is 0. The van der Waals surface area contributed by atoms with E-state index in [1.807, 2.05) is 36.4 Å². The molecule has 0 amide bonds. The molecule has 1 aromatic carbocycles. The highest BCUT2D eigenvalue weighted by Crippen LogP contribution is 2.19. The normalized spacial score (nSPS) is 10.2. The van der Waals surface area contributed by atoms with Crippen molar-refractivity contribution in [3.8, 4) is 11.3 Å². The Hall–Kier alpha value is -1.87. The minimum absolute atomic E-state index is 0.0379. The van der Waals surface area contributed by atoms with Gasteiger partial charge >= 0.3 is 0 Å². The van der Waals surface area contributed by atoms with Gasteiger partial charge in [0.15, 0.2) is 0 Å². The lowest BCUT2D eigenvalue weighted by atomic mass is 10.1. The maximum absolute atomic E-state index is 9.02. The van der Waals surface area contributed by atoms with Gasteiger partial charge in [-0.15, -0.1) is 0 Å². The van der Waals surface area contributed by atoms with Crippen LogP contribution in [0.15, 0.2) is 42.5 Å². The quantitative estimate of drug-likeness (QED) is 0.777. The van der Waals surface area contributed by atoms with Gasteiger partial charge in [-0.1, -0.05) is 24.3 Å². The molecular weight excluding hydrogens is 188 g/mol. The lowest BCUT2D eigenvalue weighted by Gasteiger charge is -2.03. The molecule has 1 aromatic heterocycles. The number of hydrogen-bond donors (Lipinski definition) is 2. The van der Waals surface area contributed by atoms with Crippen LogP contribution in [-0.4, -0.2) is 10.1 Å². The van der Waals surface area contributed by atoms with Gasteiger partial charge in [-0.25, -0.2) is 4.98 Å². The maximum Gasteiger partial charge on any atom is 0.124 e. The molecule has 0 radical (unpaired) electrons. The van der Waals surface area contributed by atoms with Crippen molar-refractivity contribution < 1.29 is 5.11 Å². The average molecular weight is 200 g/mol. The van der Waals surface area contributed by atoms with E-state index in [-0.39, 0.29) is 6.61 Å². The summed E-state index contributed by atoms with van der Waals surface area (Å²) in [6.45, 7) is 0.0379. The molecule has 2 aromatic rings. The number of nitrogen functional groups attached to an aromatic ring is 1. The number of anilines is 1. The molecule has 0 spiro atoms. The van der Waals surface area contributed by atoms with Gasteiger partial charge in [0.2, 0.25) is 0 Å². The molecule has 15 heavy (non-hydrogen) atoms. The second-order valence-corrected chi connectivity index (χ2v) is 3.31. The van der Waals surface area contributed by atoms with E-state index < -0.39 is 0 Å². The van der Waals surface area contributed by atoms with Crippen molar-refractivity contribution in [1.29, 1.82) is 0 Å². The molecule has 76 valence electrons. The van der Waals surface area contributed by atoms with Gasteiger partial charge in [0.25, 0.3) is 0 Å². The molecule has 0 aliphatic carbocycles. The van der Waals surface area contributed by atoms with Gasteiger partial charge < -0.3 is 10.8 Å². The number of benzene rings is 1. The van der Waals surface area contributed by atoms with Crippen molar-refractivity contribution in [3.05, 3.63) is 48.0 Å². The predicted molar refractivity (Wildman–Crippen MR) is 60.0 cm³/mol. The van der Waals surface area contributed by atoms with Crippen molar-refractivity contribution in [3.63, 3.8) is 0 Å². The molecular formula is C12H12N2O. The van der Waals surface area contributed by atoms with Crippen LogP contribution in [0.25, 0.3) is 11.3 Å². The van der Waals surface area contributed by atoms with Crippen LogP contribution in [-0.2, 0) is 6.61 Å². The average Bonchev–Trinajstić information content (AvgIpc) is 2.29. The monoisotopic (exact) mass is 200 g/mol. The molecule has 0 fully saturated rings. The zero-order valence-electron chi connectivity index (χ0n) is 8.22.